The van der Waals surface area contributed by atoms with E-state index in [-0.39, 0.29) is 6.15 Å². The number of rotatable bonds is 23. The van der Waals surface area contributed by atoms with Crippen LogP contribution in [0.25, 0.3) is 0 Å². The van der Waals surface area contributed by atoms with E-state index in [2.05, 4.69) is 20.8 Å². The predicted octanol–water partition coefficient (Wildman–Crippen LogP) is 9.46. The van der Waals surface area contributed by atoms with Crippen molar-refractivity contribution in [3.8, 4) is 0 Å². The third-order valence-electron chi connectivity index (χ3n) is 6.27. The molecular formula is C25H57NO4P+. The first-order valence-corrected chi connectivity index (χ1v) is 14.7. The molecule has 31 heavy (non-hydrogen) atoms. The smallest absolute Gasteiger partial charge is 0.369 e. The van der Waals surface area contributed by atoms with Crippen LogP contribution >= 0.6 is 7.82 Å². The highest BCUT2D eigenvalue weighted by molar-refractivity contribution is 7.46. The minimum Gasteiger partial charge on any atom is -0.369 e. The van der Waals surface area contributed by atoms with Crippen molar-refractivity contribution in [2.24, 2.45) is 0 Å². The van der Waals surface area contributed by atoms with Crippen LogP contribution in [-0.4, -0.2) is 15.4 Å². The molecule has 190 valence electrons. The maximum atomic E-state index is 11.8. The van der Waals surface area contributed by atoms with E-state index >= 15 is 0 Å². The Labute approximate surface area is 194 Å². The van der Waals surface area contributed by atoms with Gasteiger partial charge < -0.3 is 15.9 Å². The molecule has 0 amide bonds. The standard InChI is InChI=1S/C25H53O4P.H3N/c1-4-7-10-13-16-19-22-25(29-30(26,27)28,23-20-17-14-11-8-5-2)24-21-18-15-12-9-6-3;/h4-24H2,1-3H3,(H2,26,27,28);1H3/p+1. The van der Waals surface area contributed by atoms with Crippen LogP contribution in [0.1, 0.15) is 156 Å². The SMILES string of the molecule is CCCCCCCCC(CCCCCCCC)(CCCCCCCC)OP(=O)(O)O.[NH4+]. The number of hydrogen-bond donors (Lipinski definition) is 3. The van der Waals surface area contributed by atoms with Crippen molar-refractivity contribution in [3.63, 3.8) is 0 Å². The Bertz CT molecular complexity index is 374. The van der Waals surface area contributed by atoms with E-state index in [0.717, 1.165) is 57.8 Å². The zero-order chi connectivity index (χ0) is 22.6. The lowest BCUT2D eigenvalue weighted by molar-refractivity contribution is 0.00534. The summed E-state index contributed by atoms with van der Waals surface area (Å²) in [5.74, 6) is 0. The number of hydrogen-bond acceptors (Lipinski definition) is 2. The van der Waals surface area contributed by atoms with E-state index in [9.17, 15) is 14.4 Å². The second kappa shape index (κ2) is 21.9. The van der Waals surface area contributed by atoms with Crippen LogP contribution < -0.4 is 6.15 Å². The molecule has 0 unspecified atom stereocenters. The molecule has 0 aromatic heterocycles. The highest BCUT2D eigenvalue weighted by Crippen LogP contribution is 2.47. The Morgan fingerprint density at radius 1 is 0.548 bits per heavy atom. The van der Waals surface area contributed by atoms with Crippen LogP contribution in [0.2, 0.25) is 0 Å². The zero-order valence-electron chi connectivity index (χ0n) is 21.5. The fourth-order valence-corrected chi connectivity index (χ4v) is 5.23. The normalized spacial score (nSPS) is 12.2. The summed E-state index contributed by atoms with van der Waals surface area (Å²) in [4.78, 5) is 19.3. The van der Waals surface area contributed by atoms with Gasteiger partial charge in [-0.25, -0.2) is 4.57 Å². The van der Waals surface area contributed by atoms with E-state index in [1.54, 1.807) is 0 Å². The number of phosphoric acid groups is 1. The summed E-state index contributed by atoms with van der Waals surface area (Å²) in [5, 5.41) is 0. The lowest BCUT2D eigenvalue weighted by atomic mass is 9.85. The molecule has 0 atom stereocenters. The molecule has 0 aliphatic rings. The second-order valence-corrected chi connectivity index (χ2v) is 10.5. The molecule has 0 aromatic carbocycles. The van der Waals surface area contributed by atoms with Crippen molar-refractivity contribution in [2.75, 3.05) is 0 Å². The number of quaternary nitrogens is 1. The maximum Gasteiger partial charge on any atom is 0.470 e. The van der Waals surface area contributed by atoms with Crippen LogP contribution in [0.4, 0.5) is 0 Å². The molecule has 0 rings (SSSR count). The fraction of sp³-hybridized carbons (Fsp3) is 1.00. The van der Waals surface area contributed by atoms with Gasteiger partial charge in [0.2, 0.25) is 0 Å². The molecule has 0 saturated heterocycles. The third-order valence-corrected chi connectivity index (χ3v) is 6.90. The van der Waals surface area contributed by atoms with Gasteiger partial charge in [-0.2, -0.15) is 0 Å². The first-order valence-electron chi connectivity index (χ1n) is 13.2. The first-order chi connectivity index (χ1) is 14.4. The molecule has 0 aliphatic heterocycles. The van der Waals surface area contributed by atoms with Gasteiger partial charge in [0, 0.05) is 0 Å². The van der Waals surface area contributed by atoms with Gasteiger partial charge >= 0.3 is 7.82 Å². The highest BCUT2D eigenvalue weighted by Gasteiger charge is 2.36. The quantitative estimate of drug-likeness (QED) is 0.103. The van der Waals surface area contributed by atoms with E-state index in [1.165, 1.54) is 77.0 Å². The lowest BCUT2D eigenvalue weighted by Gasteiger charge is -2.34. The van der Waals surface area contributed by atoms with Crippen molar-refractivity contribution in [3.05, 3.63) is 0 Å². The number of unbranched alkanes of at least 4 members (excludes halogenated alkanes) is 15. The molecule has 0 spiro atoms. The molecule has 0 heterocycles. The topological polar surface area (TPSA) is 103 Å². The van der Waals surface area contributed by atoms with Gasteiger partial charge in [-0.3, -0.25) is 4.52 Å². The average molecular weight is 467 g/mol. The monoisotopic (exact) mass is 466 g/mol. The molecular weight excluding hydrogens is 409 g/mol. The summed E-state index contributed by atoms with van der Waals surface area (Å²) in [7, 11) is -4.49. The first kappa shape index (κ1) is 33.2. The molecule has 0 aromatic rings. The zero-order valence-corrected chi connectivity index (χ0v) is 22.4. The maximum absolute atomic E-state index is 11.8. The minimum atomic E-state index is -4.49. The van der Waals surface area contributed by atoms with Crippen molar-refractivity contribution in [1.82, 2.24) is 6.15 Å². The van der Waals surface area contributed by atoms with Crippen molar-refractivity contribution < 1.29 is 18.9 Å². The Kier molecular flexibility index (Phi) is 23.5. The molecule has 0 bridgehead atoms. The molecule has 0 radical (unpaired) electrons. The van der Waals surface area contributed by atoms with E-state index < -0.39 is 13.4 Å². The van der Waals surface area contributed by atoms with E-state index in [4.69, 9.17) is 4.52 Å². The summed E-state index contributed by atoms with van der Waals surface area (Å²) in [6.07, 6.45) is 23.8. The molecule has 6 N–H and O–H groups in total. The molecule has 0 saturated carbocycles. The largest absolute Gasteiger partial charge is 0.470 e. The Morgan fingerprint density at radius 3 is 1.06 bits per heavy atom. The van der Waals surface area contributed by atoms with Gasteiger partial charge in [0.15, 0.2) is 0 Å². The number of phosphoric ester groups is 1. The van der Waals surface area contributed by atoms with Crippen molar-refractivity contribution >= 4 is 7.82 Å². The second-order valence-electron chi connectivity index (χ2n) is 9.32. The molecule has 5 nitrogen and oxygen atoms in total. The van der Waals surface area contributed by atoms with Gasteiger partial charge in [-0.1, -0.05) is 136 Å². The van der Waals surface area contributed by atoms with E-state index in [0.29, 0.717) is 0 Å². The Balaban J connectivity index is 0. The van der Waals surface area contributed by atoms with Crippen LogP contribution in [0, 0.1) is 0 Å². The molecule has 6 heteroatoms. The molecule has 0 aliphatic carbocycles. The summed E-state index contributed by atoms with van der Waals surface area (Å²) < 4.78 is 17.4. The fourth-order valence-electron chi connectivity index (χ4n) is 4.45. The van der Waals surface area contributed by atoms with Crippen LogP contribution in [0.5, 0.6) is 0 Å². The molecule has 0 fully saturated rings. The summed E-state index contributed by atoms with van der Waals surface area (Å²) in [5.41, 5.74) is -0.640. The van der Waals surface area contributed by atoms with Crippen LogP contribution in [0.15, 0.2) is 0 Å². The van der Waals surface area contributed by atoms with Gasteiger partial charge in [-0.15, -0.1) is 0 Å². The average Bonchev–Trinajstić information content (AvgIpc) is 2.69. The van der Waals surface area contributed by atoms with Gasteiger partial charge in [0.1, 0.15) is 0 Å². The van der Waals surface area contributed by atoms with Crippen molar-refractivity contribution in [2.45, 2.75) is 161 Å². The third kappa shape index (κ3) is 21.7. The lowest BCUT2D eigenvalue weighted by Crippen LogP contribution is -2.32. The Morgan fingerprint density at radius 2 is 0.806 bits per heavy atom. The van der Waals surface area contributed by atoms with Crippen LogP contribution in [-0.2, 0) is 9.09 Å². The Hall–Kier alpha value is 0.0700. The van der Waals surface area contributed by atoms with E-state index in [1.807, 2.05) is 0 Å². The summed E-state index contributed by atoms with van der Waals surface area (Å²) in [6.45, 7) is 6.67. The predicted molar refractivity (Wildman–Crippen MR) is 136 cm³/mol. The van der Waals surface area contributed by atoms with Gasteiger partial charge in [-0.05, 0) is 19.3 Å². The summed E-state index contributed by atoms with van der Waals surface area (Å²) >= 11 is 0. The van der Waals surface area contributed by atoms with Crippen molar-refractivity contribution in [1.29, 1.82) is 0 Å². The summed E-state index contributed by atoms with van der Waals surface area (Å²) in [6, 6.07) is 0. The van der Waals surface area contributed by atoms with Gasteiger partial charge in [0.05, 0.1) is 5.60 Å². The minimum absolute atomic E-state index is 0. The highest BCUT2D eigenvalue weighted by atomic mass is 31.2. The van der Waals surface area contributed by atoms with Gasteiger partial charge in [0.25, 0.3) is 0 Å². The van der Waals surface area contributed by atoms with Crippen LogP contribution in [0.3, 0.4) is 0 Å².